The van der Waals surface area contributed by atoms with E-state index in [0.29, 0.717) is 5.75 Å². The summed E-state index contributed by atoms with van der Waals surface area (Å²) in [5, 5.41) is 0. The minimum absolute atomic E-state index is 0.224. The Hall–Kier alpha value is -0.870. The molecule has 1 aromatic carbocycles. The lowest BCUT2D eigenvalue weighted by Gasteiger charge is -2.11. The third-order valence-corrected chi connectivity index (χ3v) is 2.49. The van der Waals surface area contributed by atoms with Crippen molar-refractivity contribution >= 4 is 11.1 Å². The number of rotatable bonds is 3. The number of hydrogen-bond acceptors (Lipinski definition) is 3. The van der Waals surface area contributed by atoms with Crippen molar-refractivity contribution in [2.24, 2.45) is 0 Å². The highest BCUT2D eigenvalue weighted by Crippen LogP contribution is 2.22. The summed E-state index contributed by atoms with van der Waals surface area (Å²) < 4.78 is 26.5. The van der Waals surface area contributed by atoms with Gasteiger partial charge in [-0.1, -0.05) is 13.0 Å². The standard InChI is InChI=1S/C9H12O3S/c1-3-7-4-5-8(12-2)9(6-7)13(10)11/h4-6H,3H2,1-2H3,(H,10,11)/p-1. The lowest BCUT2D eigenvalue weighted by molar-refractivity contribution is 0.401. The van der Waals surface area contributed by atoms with Gasteiger partial charge >= 0.3 is 0 Å². The molecular weight excluding hydrogens is 188 g/mol. The fraction of sp³-hybridized carbons (Fsp3) is 0.333. The minimum atomic E-state index is -2.23. The molecule has 0 aliphatic carbocycles. The first-order chi connectivity index (χ1) is 6.19. The zero-order valence-corrected chi connectivity index (χ0v) is 8.39. The average molecular weight is 199 g/mol. The van der Waals surface area contributed by atoms with Gasteiger partial charge < -0.3 is 9.29 Å². The summed E-state index contributed by atoms with van der Waals surface area (Å²) in [6.07, 6.45) is 0.814. The largest absolute Gasteiger partial charge is 0.768 e. The van der Waals surface area contributed by atoms with Crippen LogP contribution in [0.25, 0.3) is 0 Å². The van der Waals surface area contributed by atoms with Crippen molar-refractivity contribution in [2.75, 3.05) is 7.11 Å². The third-order valence-electron chi connectivity index (χ3n) is 1.82. The van der Waals surface area contributed by atoms with Gasteiger partial charge in [0.2, 0.25) is 0 Å². The Bertz CT molecular complexity index is 323. The van der Waals surface area contributed by atoms with Crippen molar-refractivity contribution in [1.29, 1.82) is 0 Å². The van der Waals surface area contributed by atoms with Crippen molar-refractivity contribution in [3.8, 4) is 5.75 Å². The van der Waals surface area contributed by atoms with Gasteiger partial charge in [0.15, 0.2) is 0 Å². The molecule has 0 fully saturated rings. The molecule has 13 heavy (non-hydrogen) atoms. The van der Waals surface area contributed by atoms with E-state index >= 15 is 0 Å². The Morgan fingerprint density at radius 3 is 2.69 bits per heavy atom. The normalized spacial score (nSPS) is 12.5. The van der Waals surface area contributed by atoms with E-state index in [4.69, 9.17) is 4.74 Å². The molecule has 0 amide bonds. The maximum absolute atomic E-state index is 10.8. The van der Waals surface area contributed by atoms with E-state index in [9.17, 15) is 8.76 Å². The molecule has 1 atom stereocenters. The smallest absolute Gasteiger partial charge is 0.133 e. The van der Waals surface area contributed by atoms with Crippen molar-refractivity contribution < 1.29 is 13.5 Å². The van der Waals surface area contributed by atoms with E-state index in [2.05, 4.69) is 0 Å². The van der Waals surface area contributed by atoms with Gasteiger partial charge in [0.25, 0.3) is 0 Å². The highest BCUT2D eigenvalue weighted by atomic mass is 32.2. The first kappa shape index (κ1) is 10.2. The summed E-state index contributed by atoms with van der Waals surface area (Å²) >= 11 is -2.23. The molecule has 1 rings (SSSR count). The van der Waals surface area contributed by atoms with Crippen molar-refractivity contribution in [3.63, 3.8) is 0 Å². The van der Waals surface area contributed by atoms with Gasteiger partial charge in [-0.3, -0.25) is 4.21 Å². The Balaban J connectivity index is 3.18. The van der Waals surface area contributed by atoms with Crippen molar-refractivity contribution in [1.82, 2.24) is 0 Å². The van der Waals surface area contributed by atoms with Crippen LogP contribution in [0, 0.1) is 0 Å². The lowest BCUT2D eigenvalue weighted by Crippen LogP contribution is -1.96. The molecule has 0 heterocycles. The fourth-order valence-corrected chi connectivity index (χ4v) is 1.63. The molecule has 1 unspecified atom stereocenters. The summed E-state index contributed by atoms with van der Waals surface area (Å²) in [5.41, 5.74) is 0.986. The fourth-order valence-electron chi connectivity index (χ4n) is 1.07. The molecule has 3 nitrogen and oxygen atoms in total. The zero-order chi connectivity index (χ0) is 9.84. The predicted octanol–water partition coefficient (Wildman–Crippen LogP) is 1.50. The van der Waals surface area contributed by atoms with Gasteiger partial charge in [0.05, 0.1) is 12.0 Å². The maximum atomic E-state index is 10.8. The third kappa shape index (κ3) is 2.29. The Kier molecular flexibility index (Phi) is 3.45. The van der Waals surface area contributed by atoms with Crippen molar-refractivity contribution in [3.05, 3.63) is 23.8 Å². The van der Waals surface area contributed by atoms with Crippen LogP contribution in [0.5, 0.6) is 5.75 Å². The van der Waals surface area contributed by atoms with E-state index in [1.165, 1.54) is 7.11 Å². The quantitative estimate of drug-likeness (QED) is 0.693. The predicted molar refractivity (Wildman–Crippen MR) is 49.6 cm³/mol. The van der Waals surface area contributed by atoms with E-state index in [-0.39, 0.29) is 4.90 Å². The van der Waals surface area contributed by atoms with Gasteiger partial charge in [-0.05, 0) is 35.2 Å². The van der Waals surface area contributed by atoms with E-state index in [0.717, 1.165) is 12.0 Å². The monoisotopic (exact) mass is 199 g/mol. The zero-order valence-electron chi connectivity index (χ0n) is 7.57. The van der Waals surface area contributed by atoms with Crippen LogP contribution in [0.2, 0.25) is 0 Å². The second kappa shape index (κ2) is 4.39. The first-order valence-electron chi connectivity index (χ1n) is 3.95. The summed E-state index contributed by atoms with van der Waals surface area (Å²) in [5.74, 6) is 0.394. The van der Waals surface area contributed by atoms with Gasteiger partial charge in [-0.2, -0.15) is 0 Å². The maximum Gasteiger partial charge on any atom is 0.133 e. The molecule has 0 N–H and O–H groups in total. The molecule has 0 bridgehead atoms. The van der Waals surface area contributed by atoms with Crippen LogP contribution < -0.4 is 4.74 Å². The van der Waals surface area contributed by atoms with Crippen LogP contribution in [0.3, 0.4) is 0 Å². The molecule has 0 saturated heterocycles. The van der Waals surface area contributed by atoms with Crippen LogP contribution in [-0.2, 0) is 17.5 Å². The van der Waals surface area contributed by atoms with E-state index in [1.54, 1.807) is 12.1 Å². The molecule has 0 aliphatic rings. The molecule has 1 aromatic rings. The summed E-state index contributed by atoms with van der Waals surface area (Å²) in [6.45, 7) is 1.97. The highest BCUT2D eigenvalue weighted by Gasteiger charge is 2.03. The molecule has 0 aliphatic heterocycles. The number of aryl methyl sites for hydroxylation is 1. The first-order valence-corrected chi connectivity index (χ1v) is 5.02. The van der Waals surface area contributed by atoms with Crippen molar-refractivity contribution in [2.45, 2.75) is 18.2 Å². The topological polar surface area (TPSA) is 49.4 Å². The van der Waals surface area contributed by atoms with Crippen LogP contribution >= 0.6 is 0 Å². The van der Waals surface area contributed by atoms with E-state index in [1.807, 2.05) is 13.0 Å². The van der Waals surface area contributed by atoms with Crippen LogP contribution in [0.1, 0.15) is 12.5 Å². The van der Waals surface area contributed by atoms with Crippen LogP contribution in [-0.4, -0.2) is 15.9 Å². The number of hydrogen-bond donors (Lipinski definition) is 0. The SMILES string of the molecule is CCc1ccc(OC)c(S(=O)[O-])c1. The Morgan fingerprint density at radius 2 is 2.23 bits per heavy atom. The molecule has 4 heteroatoms. The summed E-state index contributed by atoms with van der Waals surface area (Å²) in [4.78, 5) is 0.224. The van der Waals surface area contributed by atoms with Gasteiger partial charge in [-0.15, -0.1) is 0 Å². The molecule has 0 aromatic heterocycles. The average Bonchev–Trinajstić information content (AvgIpc) is 2.16. The second-order valence-electron chi connectivity index (χ2n) is 2.57. The van der Waals surface area contributed by atoms with E-state index < -0.39 is 11.1 Å². The summed E-state index contributed by atoms with van der Waals surface area (Å²) in [7, 11) is 1.46. The molecular formula is C9H11O3S-. The van der Waals surface area contributed by atoms with Crippen LogP contribution in [0.4, 0.5) is 0 Å². The minimum Gasteiger partial charge on any atom is -0.768 e. The second-order valence-corrected chi connectivity index (χ2v) is 3.48. The lowest BCUT2D eigenvalue weighted by atomic mass is 10.2. The Morgan fingerprint density at radius 1 is 1.54 bits per heavy atom. The number of benzene rings is 1. The molecule has 0 spiro atoms. The summed E-state index contributed by atoms with van der Waals surface area (Å²) in [6, 6.07) is 5.15. The molecule has 0 radical (unpaired) electrons. The van der Waals surface area contributed by atoms with Gasteiger partial charge in [0, 0.05) is 0 Å². The van der Waals surface area contributed by atoms with Gasteiger partial charge in [-0.25, -0.2) is 0 Å². The van der Waals surface area contributed by atoms with Gasteiger partial charge in [0.1, 0.15) is 5.75 Å². The Labute approximate surface area is 80.0 Å². The number of methoxy groups -OCH3 is 1. The molecule has 0 saturated carbocycles. The highest BCUT2D eigenvalue weighted by molar-refractivity contribution is 7.79. The molecule has 72 valence electrons. The number of ether oxygens (including phenoxy) is 1. The van der Waals surface area contributed by atoms with Crippen LogP contribution in [0.15, 0.2) is 23.1 Å².